The summed E-state index contributed by atoms with van der Waals surface area (Å²) in [5.41, 5.74) is 0. The Morgan fingerprint density at radius 1 is 0.824 bits per heavy atom. The highest BCUT2D eigenvalue weighted by atomic mass is 16.2. The maximum Gasteiger partial charge on any atom is 0.317 e. The topological polar surface area (TPSA) is 52.7 Å². The van der Waals surface area contributed by atoms with Gasteiger partial charge in [-0.05, 0) is 32.1 Å². The van der Waals surface area contributed by atoms with Crippen LogP contribution in [0.4, 0.5) is 4.79 Å². The van der Waals surface area contributed by atoms with Gasteiger partial charge < -0.3 is 15.1 Å². The lowest BCUT2D eigenvalue weighted by atomic mass is 10.1. The molecule has 0 aromatic rings. The van der Waals surface area contributed by atoms with Gasteiger partial charge in [-0.2, -0.15) is 0 Å². The molecule has 0 bridgehead atoms. The first-order valence-electron chi connectivity index (χ1n) is 6.58. The molecule has 0 spiro atoms. The highest BCUT2D eigenvalue weighted by Gasteiger charge is 2.20. The van der Waals surface area contributed by atoms with Crippen LogP contribution < -0.4 is 5.32 Å². The van der Waals surface area contributed by atoms with Crippen molar-refractivity contribution in [2.24, 2.45) is 0 Å². The van der Waals surface area contributed by atoms with Crippen LogP contribution in [-0.4, -0.2) is 54.5 Å². The van der Waals surface area contributed by atoms with Crippen LogP contribution in [0.2, 0.25) is 0 Å². The fraction of sp³-hybridized carbons (Fsp3) is 0.833. The van der Waals surface area contributed by atoms with Gasteiger partial charge in [0.2, 0.25) is 5.91 Å². The van der Waals surface area contributed by atoms with E-state index in [4.69, 9.17) is 0 Å². The molecule has 0 saturated carbocycles. The van der Waals surface area contributed by atoms with E-state index in [1.54, 1.807) is 4.90 Å². The minimum absolute atomic E-state index is 0.0530. The van der Waals surface area contributed by atoms with Crippen molar-refractivity contribution in [2.45, 2.75) is 32.1 Å². The molecule has 2 aliphatic heterocycles. The molecule has 2 rings (SSSR count). The van der Waals surface area contributed by atoms with Crippen molar-refractivity contribution in [3.63, 3.8) is 0 Å². The number of likely N-dealkylation sites (tertiary alicyclic amines) is 2. The number of amides is 3. The molecule has 0 aromatic heterocycles. The summed E-state index contributed by atoms with van der Waals surface area (Å²) < 4.78 is 0. The second kappa shape index (κ2) is 5.89. The molecule has 2 aliphatic rings. The van der Waals surface area contributed by atoms with E-state index in [-0.39, 0.29) is 18.5 Å². The SMILES string of the molecule is O=C(CNC(=O)N1CCCC1)N1CCCCC1. The van der Waals surface area contributed by atoms with Gasteiger partial charge in [0.1, 0.15) is 0 Å². The number of carbonyl (C=O) groups is 2. The number of urea groups is 1. The molecular formula is C12H21N3O2. The summed E-state index contributed by atoms with van der Waals surface area (Å²) in [6.07, 6.45) is 5.54. The first-order valence-corrected chi connectivity index (χ1v) is 6.58. The van der Waals surface area contributed by atoms with Crippen LogP contribution >= 0.6 is 0 Å². The highest BCUT2D eigenvalue weighted by molar-refractivity contribution is 5.84. The van der Waals surface area contributed by atoms with Crippen molar-refractivity contribution in [3.8, 4) is 0 Å². The molecule has 2 heterocycles. The van der Waals surface area contributed by atoms with Crippen molar-refractivity contribution in [1.82, 2.24) is 15.1 Å². The van der Waals surface area contributed by atoms with E-state index in [2.05, 4.69) is 5.32 Å². The third kappa shape index (κ3) is 3.35. The van der Waals surface area contributed by atoms with Crippen LogP contribution in [0.5, 0.6) is 0 Å². The van der Waals surface area contributed by atoms with Crippen molar-refractivity contribution in [1.29, 1.82) is 0 Å². The molecule has 17 heavy (non-hydrogen) atoms. The lowest BCUT2D eigenvalue weighted by Crippen LogP contribution is -2.46. The largest absolute Gasteiger partial charge is 0.341 e. The number of nitrogens with zero attached hydrogens (tertiary/aromatic N) is 2. The number of rotatable bonds is 2. The number of nitrogens with one attached hydrogen (secondary N) is 1. The van der Waals surface area contributed by atoms with Gasteiger partial charge in [-0.15, -0.1) is 0 Å². The molecule has 0 atom stereocenters. The molecule has 0 aromatic carbocycles. The monoisotopic (exact) mass is 239 g/mol. The molecule has 5 nitrogen and oxygen atoms in total. The minimum atomic E-state index is -0.0899. The highest BCUT2D eigenvalue weighted by Crippen LogP contribution is 2.09. The van der Waals surface area contributed by atoms with Crippen LogP contribution in [0.15, 0.2) is 0 Å². The Morgan fingerprint density at radius 3 is 2.00 bits per heavy atom. The number of piperidine rings is 1. The first-order chi connectivity index (χ1) is 8.27. The zero-order valence-corrected chi connectivity index (χ0v) is 10.3. The average molecular weight is 239 g/mol. The summed E-state index contributed by atoms with van der Waals surface area (Å²) in [4.78, 5) is 27.1. The van der Waals surface area contributed by atoms with E-state index in [1.807, 2.05) is 4.90 Å². The van der Waals surface area contributed by atoms with E-state index in [0.717, 1.165) is 51.9 Å². The summed E-state index contributed by atoms with van der Waals surface area (Å²) in [6.45, 7) is 3.49. The van der Waals surface area contributed by atoms with Crippen molar-refractivity contribution >= 4 is 11.9 Å². The fourth-order valence-corrected chi connectivity index (χ4v) is 2.44. The van der Waals surface area contributed by atoms with Crippen LogP contribution in [0.3, 0.4) is 0 Å². The lowest BCUT2D eigenvalue weighted by Gasteiger charge is -2.27. The summed E-state index contributed by atoms with van der Waals surface area (Å²) >= 11 is 0. The summed E-state index contributed by atoms with van der Waals surface area (Å²) in [5.74, 6) is 0.0530. The second-order valence-electron chi connectivity index (χ2n) is 4.79. The van der Waals surface area contributed by atoms with E-state index in [9.17, 15) is 9.59 Å². The average Bonchev–Trinajstić information content (AvgIpc) is 2.90. The van der Waals surface area contributed by atoms with E-state index < -0.39 is 0 Å². The third-order valence-corrected chi connectivity index (χ3v) is 3.49. The van der Waals surface area contributed by atoms with Crippen LogP contribution in [0, 0.1) is 0 Å². The van der Waals surface area contributed by atoms with Gasteiger partial charge >= 0.3 is 6.03 Å². The van der Waals surface area contributed by atoms with Gasteiger partial charge in [0.15, 0.2) is 0 Å². The molecule has 1 N–H and O–H groups in total. The van der Waals surface area contributed by atoms with Crippen LogP contribution in [0.1, 0.15) is 32.1 Å². The lowest BCUT2D eigenvalue weighted by molar-refractivity contribution is -0.130. The maximum atomic E-state index is 11.8. The molecule has 96 valence electrons. The van der Waals surface area contributed by atoms with Crippen molar-refractivity contribution < 1.29 is 9.59 Å². The molecule has 0 unspecified atom stereocenters. The van der Waals surface area contributed by atoms with E-state index in [0.29, 0.717) is 0 Å². The standard InChI is InChI=1S/C12H21N3O2/c16-11(14-6-2-1-3-7-14)10-13-12(17)15-8-4-5-9-15/h1-10H2,(H,13,17). The van der Waals surface area contributed by atoms with Crippen molar-refractivity contribution in [2.75, 3.05) is 32.7 Å². The Bertz CT molecular complexity index is 281. The Hall–Kier alpha value is -1.26. The summed E-state index contributed by atoms with van der Waals surface area (Å²) in [5, 5.41) is 2.72. The van der Waals surface area contributed by atoms with Gasteiger partial charge in [-0.3, -0.25) is 4.79 Å². The van der Waals surface area contributed by atoms with Gasteiger partial charge in [0.25, 0.3) is 0 Å². The van der Waals surface area contributed by atoms with Gasteiger partial charge in [0, 0.05) is 26.2 Å². The zero-order valence-electron chi connectivity index (χ0n) is 10.3. The van der Waals surface area contributed by atoms with Gasteiger partial charge in [0.05, 0.1) is 6.54 Å². The number of hydrogen-bond acceptors (Lipinski definition) is 2. The molecule has 0 radical (unpaired) electrons. The number of carbonyl (C=O) groups excluding carboxylic acids is 2. The molecule has 0 aliphatic carbocycles. The van der Waals surface area contributed by atoms with Crippen molar-refractivity contribution in [3.05, 3.63) is 0 Å². The third-order valence-electron chi connectivity index (χ3n) is 3.49. The number of hydrogen-bond donors (Lipinski definition) is 1. The normalized spacial score (nSPS) is 20.5. The van der Waals surface area contributed by atoms with Gasteiger partial charge in [-0.1, -0.05) is 0 Å². The van der Waals surface area contributed by atoms with Gasteiger partial charge in [-0.25, -0.2) is 4.79 Å². The Kier molecular flexibility index (Phi) is 4.23. The fourth-order valence-electron chi connectivity index (χ4n) is 2.44. The Morgan fingerprint density at radius 2 is 1.35 bits per heavy atom. The Labute approximate surface area is 102 Å². The molecule has 2 fully saturated rings. The smallest absolute Gasteiger partial charge is 0.317 e. The minimum Gasteiger partial charge on any atom is -0.341 e. The van der Waals surface area contributed by atoms with Crippen LogP contribution in [-0.2, 0) is 4.79 Å². The summed E-state index contributed by atoms with van der Waals surface area (Å²) in [6, 6.07) is -0.0899. The van der Waals surface area contributed by atoms with E-state index >= 15 is 0 Å². The molecule has 2 saturated heterocycles. The first kappa shape index (κ1) is 12.2. The van der Waals surface area contributed by atoms with Crippen LogP contribution in [0.25, 0.3) is 0 Å². The second-order valence-corrected chi connectivity index (χ2v) is 4.79. The quantitative estimate of drug-likeness (QED) is 0.775. The molecule has 3 amide bonds. The maximum absolute atomic E-state index is 11.8. The predicted molar refractivity (Wildman–Crippen MR) is 64.6 cm³/mol. The predicted octanol–water partition coefficient (Wildman–Crippen LogP) is 0.804. The zero-order chi connectivity index (χ0) is 12.1. The van der Waals surface area contributed by atoms with E-state index in [1.165, 1.54) is 6.42 Å². The molecule has 5 heteroatoms. The Balaban J connectivity index is 1.69. The molecular weight excluding hydrogens is 218 g/mol. The summed E-state index contributed by atoms with van der Waals surface area (Å²) in [7, 11) is 0.